The highest BCUT2D eigenvalue weighted by atomic mass is 79.9. The molecule has 88 valence electrons. The van der Waals surface area contributed by atoms with Crippen LogP contribution in [0.2, 0.25) is 0 Å². The molecule has 1 unspecified atom stereocenters. The number of hydrogen-bond acceptors (Lipinski definition) is 2. The zero-order valence-electron chi connectivity index (χ0n) is 9.50. The van der Waals surface area contributed by atoms with E-state index >= 15 is 0 Å². The lowest BCUT2D eigenvalue weighted by atomic mass is 10.1. The predicted molar refractivity (Wildman–Crippen MR) is 69.0 cm³/mol. The topological polar surface area (TPSA) is 38.3 Å². The van der Waals surface area contributed by atoms with Gasteiger partial charge in [0.05, 0.1) is 0 Å². The van der Waals surface area contributed by atoms with E-state index in [-0.39, 0.29) is 12.5 Å². The van der Waals surface area contributed by atoms with E-state index in [1.54, 1.807) is 0 Å². The number of carbonyl (C=O) groups excluding carboxylic acids is 1. The molecule has 0 aliphatic carbocycles. The molecule has 0 bridgehead atoms. The van der Waals surface area contributed by atoms with Gasteiger partial charge in [0, 0.05) is 17.6 Å². The van der Waals surface area contributed by atoms with Crippen LogP contribution in [0.4, 0.5) is 5.69 Å². The third-order valence-corrected chi connectivity index (χ3v) is 2.35. The van der Waals surface area contributed by atoms with Gasteiger partial charge >= 0.3 is 0 Å². The molecule has 4 heteroatoms. The molecule has 0 aromatic heterocycles. The third-order valence-electron chi connectivity index (χ3n) is 2.03. The number of anilines is 1. The number of methoxy groups -OCH3 is 1. The second-order valence-corrected chi connectivity index (χ2v) is 5.23. The summed E-state index contributed by atoms with van der Waals surface area (Å²) in [6, 6.07) is 7.83. The van der Waals surface area contributed by atoms with Crippen LogP contribution in [-0.2, 0) is 16.0 Å². The smallest absolute Gasteiger partial charge is 0.250 e. The molecule has 0 aliphatic heterocycles. The van der Waals surface area contributed by atoms with Crippen molar-refractivity contribution in [3.05, 3.63) is 29.8 Å². The van der Waals surface area contributed by atoms with Crippen molar-refractivity contribution in [1.82, 2.24) is 0 Å². The summed E-state index contributed by atoms with van der Waals surface area (Å²) >= 11 is 3.50. The van der Waals surface area contributed by atoms with Crippen molar-refractivity contribution in [2.24, 2.45) is 0 Å². The molecule has 0 saturated heterocycles. The quantitative estimate of drug-likeness (QED) is 0.845. The summed E-state index contributed by atoms with van der Waals surface area (Å²) < 4.78 is 4.73. The summed E-state index contributed by atoms with van der Waals surface area (Å²) in [5.74, 6) is -0.135. The van der Waals surface area contributed by atoms with E-state index < -0.39 is 0 Å². The number of halogens is 1. The standard InChI is InChI=1S/C12H16BrNO2/c1-9(13)7-10-3-5-11(6-4-10)14-12(15)8-16-2/h3-6,9H,7-8H2,1-2H3,(H,14,15). The monoisotopic (exact) mass is 285 g/mol. The average molecular weight is 286 g/mol. The highest BCUT2D eigenvalue weighted by Gasteiger charge is 2.02. The van der Waals surface area contributed by atoms with E-state index in [4.69, 9.17) is 4.74 Å². The minimum absolute atomic E-state index is 0.0835. The van der Waals surface area contributed by atoms with Gasteiger partial charge in [-0.3, -0.25) is 4.79 Å². The van der Waals surface area contributed by atoms with Crippen LogP contribution in [0.25, 0.3) is 0 Å². The first-order valence-corrected chi connectivity index (χ1v) is 6.05. The van der Waals surface area contributed by atoms with Crippen LogP contribution in [-0.4, -0.2) is 24.5 Å². The molecular weight excluding hydrogens is 270 g/mol. The molecule has 0 fully saturated rings. The molecule has 0 radical (unpaired) electrons. The van der Waals surface area contributed by atoms with E-state index in [0.717, 1.165) is 12.1 Å². The Kier molecular flexibility index (Phi) is 5.49. The SMILES string of the molecule is COCC(=O)Nc1ccc(CC(C)Br)cc1. The molecule has 1 aromatic carbocycles. The van der Waals surface area contributed by atoms with Crippen molar-refractivity contribution in [2.75, 3.05) is 19.0 Å². The van der Waals surface area contributed by atoms with Crippen molar-refractivity contribution in [3.63, 3.8) is 0 Å². The van der Waals surface area contributed by atoms with Crippen LogP contribution in [0.3, 0.4) is 0 Å². The summed E-state index contributed by atoms with van der Waals surface area (Å²) in [7, 11) is 1.50. The number of benzene rings is 1. The van der Waals surface area contributed by atoms with Gasteiger partial charge in [-0.2, -0.15) is 0 Å². The third kappa shape index (κ3) is 4.77. The summed E-state index contributed by atoms with van der Waals surface area (Å²) in [5.41, 5.74) is 2.04. The Morgan fingerprint density at radius 3 is 2.56 bits per heavy atom. The Morgan fingerprint density at radius 1 is 1.44 bits per heavy atom. The molecule has 1 amide bonds. The van der Waals surface area contributed by atoms with E-state index in [9.17, 15) is 4.79 Å². The largest absolute Gasteiger partial charge is 0.375 e. The zero-order chi connectivity index (χ0) is 12.0. The number of alkyl halides is 1. The van der Waals surface area contributed by atoms with Crippen LogP contribution in [0, 0.1) is 0 Å². The summed E-state index contributed by atoms with van der Waals surface area (Å²) in [4.78, 5) is 11.7. The number of ether oxygens (including phenoxy) is 1. The summed E-state index contributed by atoms with van der Waals surface area (Å²) in [5, 5.41) is 2.75. The Morgan fingerprint density at radius 2 is 2.06 bits per heavy atom. The Bertz CT molecular complexity index is 335. The van der Waals surface area contributed by atoms with E-state index in [1.165, 1.54) is 12.7 Å². The number of carbonyl (C=O) groups is 1. The molecule has 3 nitrogen and oxygen atoms in total. The van der Waals surface area contributed by atoms with Crippen molar-refractivity contribution in [2.45, 2.75) is 18.2 Å². The molecular formula is C12H16BrNO2. The Balaban J connectivity index is 2.54. The average Bonchev–Trinajstić information content (AvgIpc) is 2.20. The summed E-state index contributed by atoms with van der Waals surface area (Å²) in [6.45, 7) is 2.19. The van der Waals surface area contributed by atoms with Gasteiger partial charge in [0.2, 0.25) is 5.91 Å². The molecule has 0 heterocycles. The first kappa shape index (κ1) is 13.2. The van der Waals surface area contributed by atoms with Crippen molar-refractivity contribution >= 4 is 27.5 Å². The van der Waals surface area contributed by atoms with Crippen LogP contribution in [0.5, 0.6) is 0 Å². The molecule has 16 heavy (non-hydrogen) atoms. The number of nitrogens with one attached hydrogen (secondary N) is 1. The number of amides is 1. The van der Waals surface area contributed by atoms with Crippen LogP contribution < -0.4 is 5.32 Å². The minimum atomic E-state index is -0.135. The van der Waals surface area contributed by atoms with Gasteiger partial charge in [-0.15, -0.1) is 0 Å². The molecule has 1 atom stereocenters. The van der Waals surface area contributed by atoms with Gasteiger partial charge < -0.3 is 10.1 Å². The van der Waals surface area contributed by atoms with Crippen LogP contribution in [0.1, 0.15) is 12.5 Å². The Labute approximate surface area is 104 Å². The molecule has 0 spiro atoms. The summed E-state index contributed by atoms with van der Waals surface area (Å²) in [6.07, 6.45) is 0.978. The lowest BCUT2D eigenvalue weighted by molar-refractivity contribution is -0.119. The zero-order valence-corrected chi connectivity index (χ0v) is 11.1. The normalized spacial score (nSPS) is 12.2. The van der Waals surface area contributed by atoms with Crippen molar-refractivity contribution in [3.8, 4) is 0 Å². The highest BCUT2D eigenvalue weighted by molar-refractivity contribution is 9.09. The molecule has 0 aliphatic rings. The van der Waals surface area contributed by atoms with Gasteiger partial charge in [-0.25, -0.2) is 0 Å². The maximum Gasteiger partial charge on any atom is 0.250 e. The second kappa shape index (κ2) is 6.66. The van der Waals surface area contributed by atoms with Crippen LogP contribution >= 0.6 is 15.9 Å². The van der Waals surface area contributed by atoms with Crippen molar-refractivity contribution in [1.29, 1.82) is 0 Å². The lowest BCUT2D eigenvalue weighted by Gasteiger charge is -2.07. The fourth-order valence-corrected chi connectivity index (χ4v) is 1.75. The second-order valence-electron chi connectivity index (χ2n) is 3.66. The number of hydrogen-bond donors (Lipinski definition) is 1. The minimum Gasteiger partial charge on any atom is -0.375 e. The first-order valence-electron chi connectivity index (χ1n) is 5.13. The molecule has 0 saturated carbocycles. The van der Waals surface area contributed by atoms with Gasteiger partial charge in [-0.05, 0) is 24.1 Å². The van der Waals surface area contributed by atoms with Gasteiger partial charge in [-0.1, -0.05) is 35.0 Å². The van der Waals surface area contributed by atoms with E-state index in [1.807, 2.05) is 24.3 Å². The van der Waals surface area contributed by atoms with Crippen LogP contribution in [0.15, 0.2) is 24.3 Å². The fourth-order valence-electron chi connectivity index (χ4n) is 1.38. The highest BCUT2D eigenvalue weighted by Crippen LogP contribution is 2.13. The molecule has 1 rings (SSSR count). The fraction of sp³-hybridized carbons (Fsp3) is 0.417. The van der Waals surface area contributed by atoms with Crippen molar-refractivity contribution < 1.29 is 9.53 Å². The number of rotatable bonds is 5. The van der Waals surface area contributed by atoms with Gasteiger partial charge in [0.15, 0.2) is 0 Å². The molecule has 1 aromatic rings. The lowest BCUT2D eigenvalue weighted by Crippen LogP contribution is -2.17. The van der Waals surface area contributed by atoms with E-state index in [2.05, 4.69) is 28.2 Å². The Hall–Kier alpha value is -0.870. The first-order chi connectivity index (χ1) is 7.61. The van der Waals surface area contributed by atoms with E-state index in [0.29, 0.717) is 4.83 Å². The van der Waals surface area contributed by atoms with Gasteiger partial charge in [0.25, 0.3) is 0 Å². The maximum absolute atomic E-state index is 11.2. The molecule has 1 N–H and O–H groups in total. The maximum atomic E-state index is 11.2. The van der Waals surface area contributed by atoms with Gasteiger partial charge in [0.1, 0.15) is 6.61 Å². The predicted octanol–water partition coefficient (Wildman–Crippen LogP) is 2.60.